The average Bonchev–Trinajstić information content (AvgIpc) is 3.51. The van der Waals surface area contributed by atoms with Gasteiger partial charge < -0.3 is 14.4 Å². The number of sulfone groups is 1. The molecule has 16 heteroatoms. The lowest BCUT2D eigenvalue weighted by molar-refractivity contribution is -0.391. The smallest absolute Gasteiger partial charge is 0.354 e. The molecule has 1 aliphatic carbocycles. The van der Waals surface area contributed by atoms with Gasteiger partial charge in [-0.05, 0) is 55.0 Å². The van der Waals surface area contributed by atoms with Crippen LogP contribution in [0.25, 0.3) is 0 Å². The zero-order valence-corrected chi connectivity index (χ0v) is 28.6. The maximum atomic E-state index is 14.6. The number of hydrogen-bond acceptors (Lipinski definition) is 7. The highest BCUT2D eigenvalue weighted by molar-refractivity contribution is 7.92. The molecule has 50 heavy (non-hydrogen) atoms. The van der Waals surface area contributed by atoms with E-state index < -0.39 is 56.4 Å². The molecule has 0 N–H and O–H groups in total. The Hall–Kier alpha value is -2.79. The van der Waals surface area contributed by atoms with Crippen molar-refractivity contribution in [3.05, 3.63) is 65.5 Å². The molecule has 3 fully saturated rings. The van der Waals surface area contributed by atoms with Crippen molar-refractivity contribution in [2.24, 2.45) is 5.92 Å². The van der Waals surface area contributed by atoms with Crippen molar-refractivity contribution in [3.63, 3.8) is 0 Å². The Morgan fingerprint density at radius 3 is 1.96 bits per heavy atom. The van der Waals surface area contributed by atoms with Crippen molar-refractivity contribution in [2.45, 2.75) is 73.0 Å². The van der Waals surface area contributed by atoms with Gasteiger partial charge in [0.1, 0.15) is 24.0 Å². The van der Waals surface area contributed by atoms with Crippen LogP contribution in [0.3, 0.4) is 0 Å². The van der Waals surface area contributed by atoms with E-state index in [1.807, 2.05) is 4.90 Å². The molecule has 0 unspecified atom stereocenters. The third kappa shape index (κ3) is 7.69. The lowest BCUT2D eigenvalue weighted by atomic mass is 9.87. The summed E-state index contributed by atoms with van der Waals surface area (Å²) in [5.74, 6) is -1.16. The highest BCUT2D eigenvalue weighted by Crippen LogP contribution is 2.54. The number of likely N-dealkylation sites (tertiary alicyclic amines) is 1. The molecule has 0 bridgehead atoms. The molecule has 2 aromatic carbocycles. The fourth-order valence-electron chi connectivity index (χ4n) is 7.25. The number of alkyl halides is 6. The molecule has 3 aliphatic rings. The number of rotatable bonds is 11. The molecule has 2 saturated heterocycles. The van der Waals surface area contributed by atoms with Crippen LogP contribution in [0.2, 0.25) is 0 Å². The second kappa shape index (κ2) is 15.1. The normalized spacial score (nSPS) is 22.3. The summed E-state index contributed by atoms with van der Waals surface area (Å²) in [7, 11) is -4.38. The van der Waals surface area contributed by atoms with Gasteiger partial charge in [0, 0.05) is 51.8 Å². The summed E-state index contributed by atoms with van der Waals surface area (Å²) >= 11 is 0. The Labute approximate surface area is 287 Å². The number of amides is 1. The molecule has 2 heterocycles. The minimum Gasteiger partial charge on any atom is -0.354 e. The molecule has 278 valence electrons. The van der Waals surface area contributed by atoms with Crippen LogP contribution in [-0.2, 0) is 34.5 Å². The summed E-state index contributed by atoms with van der Waals surface area (Å²) in [6.07, 6.45) is -8.64. The van der Waals surface area contributed by atoms with Crippen LogP contribution < -0.4 is 0 Å². The summed E-state index contributed by atoms with van der Waals surface area (Å²) in [6, 6.07) is 7.39. The van der Waals surface area contributed by atoms with E-state index >= 15 is 0 Å². The van der Waals surface area contributed by atoms with E-state index in [9.17, 15) is 43.9 Å². The number of hydrogen-bond donors (Lipinski definition) is 0. The Morgan fingerprint density at radius 2 is 1.40 bits per heavy atom. The Bertz CT molecular complexity index is 1540. The Morgan fingerprint density at radius 1 is 0.820 bits per heavy atom. The van der Waals surface area contributed by atoms with Crippen LogP contribution in [0.15, 0.2) is 53.4 Å². The molecule has 2 aliphatic heterocycles. The second-order valence-corrected chi connectivity index (χ2v) is 15.7. The Balaban J connectivity index is 1.43. The monoisotopic (exact) mass is 737 g/mol. The topological polar surface area (TPSA) is 79.4 Å². The third-order valence-corrected chi connectivity index (χ3v) is 12.7. The van der Waals surface area contributed by atoms with Crippen molar-refractivity contribution in [2.75, 3.05) is 59.3 Å². The molecule has 1 saturated carbocycles. The molecule has 2 aromatic rings. The highest BCUT2D eigenvalue weighted by Gasteiger charge is 2.73. The number of carbonyl (C=O) groups is 1. The minimum atomic E-state index is -5.88. The van der Waals surface area contributed by atoms with Crippen LogP contribution in [0.4, 0.5) is 30.7 Å². The van der Waals surface area contributed by atoms with Crippen LogP contribution in [-0.4, -0.2) is 101 Å². The molecule has 0 radical (unpaired) electrons. The van der Waals surface area contributed by atoms with Gasteiger partial charge in [0.15, 0.2) is 9.84 Å². The molecule has 1 amide bonds. The number of carbonyl (C=O) groups excluding carboxylic acids is 1. The molecule has 8 nitrogen and oxygen atoms in total. The van der Waals surface area contributed by atoms with Crippen molar-refractivity contribution in [1.82, 2.24) is 14.7 Å². The number of halogens is 7. The van der Waals surface area contributed by atoms with Gasteiger partial charge in [0.05, 0.1) is 11.5 Å². The predicted molar refractivity (Wildman–Crippen MR) is 169 cm³/mol. The summed E-state index contributed by atoms with van der Waals surface area (Å²) < 4.78 is 139. The summed E-state index contributed by atoms with van der Waals surface area (Å²) in [4.78, 5) is 16.8. The van der Waals surface area contributed by atoms with Gasteiger partial charge in [-0.2, -0.15) is 26.3 Å². The maximum Gasteiger partial charge on any atom is 0.430 e. The fraction of sp³-hybridized carbons (Fsp3) is 0.618. The standard InChI is InChI=1S/C34H42F7N3O5S/c1-25(45)44-19-17-42(18-20-44)23-48-24-43-16-15-31(22-43,50(46,47)30-13-11-29(35)12-14-30)27-7-9-28(10-8-27)32(33(36,37)38,34(39,40)41)49-21-26-5-3-2-4-6-26/h7-14,26H,2-6,15-24H2,1H3/t31-/m0/s1. The summed E-state index contributed by atoms with van der Waals surface area (Å²) in [5, 5.41) is 0. The fourth-order valence-corrected chi connectivity index (χ4v) is 9.35. The zero-order valence-electron chi connectivity index (χ0n) is 27.7. The molecular weight excluding hydrogens is 695 g/mol. The number of nitrogens with zero attached hydrogens (tertiary/aromatic N) is 3. The minimum absolute atomic E-state index is 0.00798. The largest absolute Gasteiger partial charge is 0.430 e. The number of benzene rings is 2. The lowest BCUT2D eigenvalue weighted by Crippen LogP contribution is -2.56. The third-order valence-electron chi connectivity index (χ3n) is 10.2. The van der Waals surface area contributed by atoms with Gasteiger partial charge in [-0.15, -0.1) is 0 Å². The first-order valence-corrected chi connectivity index (χ1v) is 18.1. The van der Waals surface area contributed by atoms with Crippen LogP contribution in [0, 0.1) is 11.7 Å². The number of piperazine rings is 1. The van der Waals surface area contributed by atoms with E-state index in [1.165, 1.54) is 6.92 Å². The van der Waals surface area contributed by atoms with E-state index in [2.05, 4.69) is 0 Å². The van der Waals surface area contributed by atoms with Gasteiger partial charge in [-0.3, -0.25) is 14.6 Å². The van der Waals surface area contributed by atoms with Crippen LogP contribution in [0.1, 0.15) is 56.6 Å². The van der Waals surface area contributed by atoms with Gasteiger partial charge in [0.2, 0.25) is 5.91 Å². The SMILES string of the molecule is CC(=O)N1CCN(COCN2CC[C@](c3ccc(C(OCC4CCCCC4)(C(F)(F)F)C(F)(F)F)cc3)(S(=O)(=O)c3ccc(F)cc3)C2)CC1. The molecule has 0 aromatic heterocycles. The first-order valence-electron chi connectivity index (χ1n) is 16.7. The van der Waals surface area contributed by atoms with Gasteiger partial charge in [-0.1, -0.05) is 43.5 Å². The summed E-state index contributed by atoms with van der Waals surface area (Å²) in [6.45, 7) is 3.18. The van der Waals surface area contributed by atoms with E-state index in [1.54, 1.807) is 9.80 Å². The first kappa shape index (κ1) is 38.4. The van der Waals surface area contributed by atoms with Gasteiger partial charge in [0.25, 0.3) is 5.60 Å². The second-order valence-electron chi connectivity index (χ2n) is 13.4. The van der Waals surface area contributed by atoms with E-state index in [4.69, 9.17) is 9.47 Å². The van der Waals surface area contributed by atoms with Crippen molar-refractivity contribution < 1.29 is 53.4 Å². The maximum absolute atomic E-state index is 14.6. The zero-order chi connectivity index (χ0) is 36.4. The molecular formula is C34H42F7N3O5S. The summed E-state index contributed by atoms with van der Waals surface area (Å²) in [5.41, 5.74) is -5.84. The average molecular weight is 738 g/mol. The molecule has 5 rings (SSSR count). The lowest BCUT2D eigenvalue weighted by Gasteiger charge is -2.39. The first-order chi connectivity index (χ1) is 23.5. The predicted octanol–water partition coefficient (Wildman–Crippen LogP) is 6.21. The van der Waals surface area contributed by atoms with Crippen LogP contribution >= 0.6 is 0 Å². The van der Waals surface area contributed by atoms with Gasteiger partial charge in [-0.25, -0.2) is 12.8 Å². The van der Waals surface area contributed by atoms with Crippen molar-refractivity contribution in [3.8, 4) is 0 Å². The quantitative estimate of drug-likeness (QED) is 0.201. The van der Waals surface area contributed by atoms with Crippen molar-refractivity contribution >= 4 is 15.7 Å². The molecule has 1 atom stereocenters. The van der Waals surface area contributed by atoms with E-state index in [0.717, 1.165) is 42.8 Å². The van der Waals surface area contributed by atoms with E-state index in [0.29, 0.717) is 64.0 Å². The highest BCUT2D eigenvalue weighted by atomic mass is 32.2. The van der Waals surface area contributed by atoms with E-state index in [-0.39, 0.29) is 49.3 Å². The van der Waals surface area contributed by atoms with Crippen molar-refractivity contribution in [1.29, 1.82) is 0 Å². The van der Waals surface area contributed by atoms with Crippen LogP contribution in [0.5, 0.6) is 0 Å². The molecule has 0 spiro atoms. The number of ether oxygens (including phenoxy) is 2. The van der Waals surface area contributed by atoms with Gasteiger partial charge >= 0.3 is 12.4 Å². The Kier molecular flexibility index (Phi) is 11.6.